The Morgan fingerprint density at radius 1 is 1.13 bits per heavy atom. The van der Waals surface area contributed by atoms with E-state index in [0.29, 0.717) is 12.2 Å². The summed E-state index contributed by atoms with van der Waals surface area (Å²) in [6.45, 7) is 9.04. The van der Waals surface area contributed by atoms with Gasteiger partial charge in [0.05, 0.1) is 5.02 Å². The highest BCUT2D eigenvalue weighted by molar-refractivity contribution is 7.87. The standard InChI is InChI=1S/C22H28ClNO6S/c1-6-9-20(24-21(25)29-22(3,4)5)28-16-12-15(2)13-17(14-16)30-31(26,27)19-11-8-7-10-18(19)23/h7-8,10-14,20H,6,9H2,1-5H3,(H,24,25). The third-order valence-corrected chi connectivity index (χ3v) is 5.59. The molecular weight excluding hydrogens is 442 g/mol. The highest BCUT2D eigenvalue weighted by Gasteiger charge is 2.22. The number of carbonyl (C=O) groups is 1. The van der Waals surface area contributed by atoms with Crippen LogP contribution >= 0.6 is 11.6 Å². The maximum atomic E-state index is 12.6. The number of alkyl carbamates (subject to hydrolysis) is 1. The number of aryl methyl sites for hydroxylation is 1. The Hall–Kier alpha value is -2.45. The fraction of sp³-hybridized carbons (Fsp3) is 0.409. The van der Waals surface area contributed by atoms with Gasteiger partial charge in [0.25, 0.3) is 0 Å². The molecule has 9 heteroatoms. The zero-order valence-electron chi connectivity index (χ0n) is 18.3. The number of nitrogens with one attached hydrogen (secondary N) is 1. The van der Waals surface area contributed by atoms with Crippen molar-refractivity contribution in [3.63, 3.8) is 0 Å². The van der Waals surface area contributed by atoms with Gasteiger partial charge in [0.15, 0.2) is 6.23 Å². The number of halogens is 1. The van der Waals surface area contributed by atoms with Gasteiger partial charge in [-0.15, -0.1) is 0 Å². The van der Waals surface area contributed by atoms with Gasteiger partial charge in [-0.25, -0.2) is 4.79 Å². The first-order valence-electron chi connectivity index (χ1n) is 9.86. The van der Waals surface area contributed by atoms with Crippen molar-refractivity contribution in [2.24, 2.45) is 0 Å². The van der Waals surface area contributed by atoms with E-state index in [0.717, 1.165) is 12.0 Å². The second kappa shape index (κ2) is 10.2. The Kier molecular flexibility index (Phi) is 8.20. The van der Waals surface area contributed by atoms with Crippen molar-refractivity contribution < 1.29 is 26.9 Å². The molecule has 7 nitrogen and oxygen atoms in total. The Morgan fingerprint density at radius 3 is 2.39 bits per heavy atom. The molecule has 1 unspecified atom stereocenters. The van der Waals surface area contributed by atoms with E-state index in [1.54, 1.807) is 52.0 Å². The van der Waals surface area contributed by atoms with E-state index in [1.165, 1.54) is 18.2 Å². The molecule has 0 aromatic heterocycles. The van der Waals surface area contributed by atoms with Gasteiger partial charge in [-0.3, -0.25) is 5.32 Å². The molecule has 2 rings (SSSR count). The van der Waals surface area contributed by atoms with Crippen molar-refractivity contribution in [1.82, 2.24) is 5.32 Å². The van der Waals surface area contributed by atoms with Crippen LogP contribution in [-0.2, 0) is 14.9 Å². The van der Waals surface area contributed by atoms with E-state index in [-0.39, 0.29) is 15.7 Å². The number of carbonyl (C=O) groups excluding carboxylic acids is 1. The maximum absolute atomic E-state index is 12.6. The quantitative estimate of drug-likeness (QED) is 0.408. The van der Waals surface area contributed by atoms with Crippen molar-refractivity contribution in [1.29, 1.82) is 0 Å². The van der Waals surface area contributed by atoms with Gasteiger partial charge in [-0.1, -0.05) is 37.1 Å². The lowest BCUT2D eigenvalue weighted by molar-refractivity contribution is 0.0382. The Morgan fingerprint density at radius 2 is 1.77 bits per heavy atom. The third kappa shape index (κ3) is 7.95. The van der Waals surface area contributed by atoms with Crippen molar-refractivity contribution in [3.8, 4) is 11.5 Å². The number of hydrogen-bond acceptors (Lipinski definition) is 6. The lowest BCUT2D eigenvalue weighted by Crippen LogP contribution is -2.42. The van der Waals surface area contributed by atoms with Crippen LogP contribution < -0.4 is 14.2 Å². The molecule has 0 aliphatic carbocycles. The van der Waals surface area contributed by atoms with Gasteiger partial charge >= 0.3 is 16.2 Å². The summed E-state index contributed by atoms with van der Waals surface area (Å²) in [5.41, 5.74) is 0.0764. The van der Waals surface area contributed by atoms with Crippen LogP contribution in [-0.4, -0.2) is 26.3 Å². The molecule has 0 aliphatic heterocycles. The van der Waals surface area contributed by atoms with Gasteiger partial charge in [0.2, 0.25) is 0 Å². The molecule has 0 spiro atoms. The normalized spacial score (nSPS) is 12.7. The van der Waals surface area contributed by atoms with E-state index >= 15 is 0 Å². The summed E-state index contributed by atoms with van der Waals surface area (Å²) in [4.78, 5) is 12.0. The van der Waals surface area contributed by atoms with Gasteiger partial charge < -0.3 is 13.7 Å². The minimum absolute atomic E-state index is 0.0659. The summed E-state index contributed by atoms with van der Waals surface area (Å²) < 4.78 is 41.7. The topological polar surface area (TPSA) is 90.9 Å². The van der Waals surface area contributed by atoms with Gasteiger partial charge in [0, 0.05) is 12.5 Å². The molecule has 31 heavy (non-hydrogen) atoms. The summed E-state index contributed by atoms with van der Waals surface area (Å²) in [5.74, 6) is 0.418. The second-order valence-corrected chi connectivity index (χ2v) is 9.91. The largest absolute Gasteiger partial charge is 0.470 e. The molecule has 2 aromatic carbocycles. The van der Waals surface area contributed by atoms with E-state index in [4.69, 9.17) is 25.3 Å². The van der Waals surface area contributed by atoms with Crippen LogP contribution in [0.4, 0.5) is 4.79 Å². The fourth-order valence-electron chi connectivity index (χ4n) is 2.68. The maximum Gasteiger partial charge on any atom is 0.410 e. The molecule has 1 amide bonds. The van der Waals surface area contributed by atoms with Crippen LogP contribution in [0.25, 0.3) is 0 Å². The van der Waals surface area contributed by atoms with E-state index in [1.807, 2.05) is 6.92 Å². The minimum atomic E-state index is -4.13. The van der Waals surface area contributed by atoms with Crippen molar-refractivity contribution >= 4 is 27.8 Å². The first-order valence-corrected chi connectivity index (χ1v) is 11.6. The molecule has 1 N–H and O–H groups in total. The Bertz CT molecular complexity index is 1020. The number of hydrogen-bond donors (Lipinski definition) is 1. The number of amides is 1. The van der Waals surface area contributed by atoms with E-state index in [9.17, 15) is 13.2 Å². The zero-order chi connectivity index (χ0) is 23.2. The molecule has 0 aliphatic rings. The minimum Gasteiger partial charge on any atom is -0.470 e. The first kappa shape index (κ1) is 24.8. The van der Waals surface area contributed by atoms with Crippen molar-refractivity contribution in [2.75, 3.05) is 0 Å². The third-order valence-electron chi connectivity index (χ3n) is 3.84. The molecule has 0 bridgehead atoms. The summed E-state index contributed by atoms with van der Waals surface area (Å²) >= 11 is 6.00. The lowest BCUT2D eigenvalue weighted by Gasteiger charge is -2.24. The number of ether oxygens (including phenoxy) is 2. The van der Waals surface area contributed by atoms with Crippen LogP contribution in [0.5, 0.6) is 11.5 Å². The van der Waals surface area contributed by atoms with Gasteiger partial charge in [-0.2, -0.15) is 8.42 Å². The van der Waals surface area contributed by atoms with Gasteiger partial charge in [-0.05, 0) is 57.5 Å². The van der Waals surface area contributed by atoms with Crippen LogP contribution in [0.2, 0.25) is 5.02 Å². The molecule has 0 saturated heterocycles. The number of benzene rings is 2. The highest BCUT2D eigenvalue weighted by atomic mass is 35.5. The zero-order valence-corrected chi connectivity index (χ0v) is 19.8. The monoisotopic (exact) mass is 469 g/mol. The molecule has 0 fully saturated rings. The fourth-order valence-corrected chi connectivity index (χ4v) is 4.09. The molecule has 0 radical (unpaired) electrons. The van der Waals surface area contributed by atoms with Crippen LogP contribution in [0.3, 0.4) is 0 Å². The smallest absolute Gasteiger partial charge is 0.410 e. The lowest BCUT2D eigenvalue weighted by atomic mass is 10.2. The Balaban J connectivity index is 2.21. The predicted molar refractivity (Wildman–Crippen MR) is 119 cm³/mol. The predicted octanol–water partition coefficient (Wildman–Crippen LogP) is 5.45. The summed E-state index contributed by atoms with van der Waals surface area (Å²) in [6.07, 6.45) is 0.0173. The molecule has 1 atom stereocenters. The van der Waals surface area contributed by atoms with Crippen molar-refractivity contribution in [3.05, 3.63) is 53.1 Å². The molecule has 170 valence electrons. The first-order chi connectivity index (χ1) is 14.4. The molecule has 0 heterocycles. The van der Waals surface area contributed by atoms with Gasteiger partial charge in [0.1, 0.15) is 22.0 Å². The second-order valence-electron chi connectivity index (χ2n) is 7.99. The van der Waals surface area contributed by atoms with Crippen LogP contribution in [0.15, 0.2) is 47.4 Å². The number of rotatable bonds is 8. The highest BCUT2D eigenvalue weighted by Crippen LogP contribution is 2.29. The summed E-state index contributed by atoms with van der Waals surface area (Å²) in [7, 11) is -4.13. The summed E-state index contributed by atoms with van der Waals surface area (Å²) in [6, 6.07) is 10.8. The average molecular weight is 470 g/mol. The Labute approximate surface area is 188 Å². The molecule has 0 saturated carbocycles. The van der Waals surface area contributed by atoms with Crippen LogP contribution in [0.1, 0.15) is 46.1 Å². The van der Waals surface area contributed by atoms with Crippen molar-refractivity contribution in [2.45, 2.75) is 64.2 Å². The SMILES string of the molecule is CCCC(NC(=O)OC(C)(C)C)Oc1cc(C)cc(OS(=O)(=O)c2ccccc2Cl)c1. The van der Waals surface area contributed by atoms with E-state index < -0.39 is 28.0 Å². The van der Waals surface area contributed by atoms with E-state index in [2.05, 4.69) is 5.32 Å². The molecular formula is C22H28ClNO6S. The van der Waals surface area contributed by atoms with Crippen LogP contribution in [0, 0.1) is 6.92 Å². The average Bonchev–Trinajstić information content (AvgIpc) is 2.59. The summed E-state index contributed by atoms with van der Waals surface area (Å²) in [5, 5.41) is 2.75. The molecule has 2 aromatic rings.